The van der Waals surface area contributed by atoms with E-state index in [1.165, 1.54) is 9.13 Å². The highest BCUT2D eigenvalue weighted by Crippen LogP contribution is 2.31. The van der Waals surface area contributed by atoms with Crippen molar-refractivity contribution in [2.75, 3.05) is 5.73 Å². The smallest absolute Gasteiger partial charge is 0.331 e. The number of fused-ring (bicyclic) bond motifs is 2. The zero-order valence-electron chi connectivity index (χ0n) is 14.4. The third-order valence-corrected chi connectivity index (χ3v) is 5.22. The van der Waals surface area contributed by atoms with Crippen molar-refractivity contribution in [2.45, 2.75) is 0 Å². The van der Waals surface area contributed by atoms with Crippen LogP contribution in [-0.4, -0.2) is 19.1 Å². The Labute approximate surface area is 166 Å². The molecule has 3 aromatic carbocycles. The van der Waals surface area contributed by atoms with Crippen LogP contribution in [0.1, 0.15) is 0 Å². The third kappa shape index (κ3) is 2.35. The number of benzene rings is 3. The first-order chi connectivity index (χ1) is 13.5. The average Bonchev–Trinajstić information content (AvgIpc) is 3.18. The lowest BCUT2D eigenvalue weighted by atomic mass is 10.2. The van der Waals surface area contributed by atoms with E-state index >= 15 is 0 Å². The summed E-state index contributed by atoms with van der Waals surface area (Å²) >= 11 is 3.49. The van der Waals surface area contributed by atoms with Gasteiger partial charge in [-0.25, -0.2) is 9.59 Å². The fraction of sp³-hybridized carbons (Fsp3) is 0. The number of halogens is 1. The third-order valence-electron chi connectivity index (χ3n) is 4.76. The van der Waals surface area contributed by atoms with E-state index in [9.17, 15) is 9.59 Å². The highest BCUT2D eigenvalue weighted by atomic mass is 79.9. The maximum atomic E-state index is 12.6. The number of rotatable bonds is 2. The molecule has 0 radical (unpaired) electrons. The number of para-hydroxylation sites is 4. The highest BCUT2D eigenvalue weighted by Gasteiger charge is 2.18. The second-order valence-corrected chi connectivity index (χ2v) is 7.34. The molecule has 2 aromatic heterocycles. The van der Waals surface area contributed by atoms with Crippen molar-refractivity contribution < 1.29 is 0 Å². The summed E-state index contributed by atoms with van der Waals surface area (Å²) in [7, 11) is 0. The van der Waals surface area contributed by atoms with E-state index in [4.69, 9.17) is 5.73 Å². The monoisotopic (exact) mass is 435 g/mol. The van der Waals surface area contributed by atoms with Gasteiger partial charge >= 0.3 is 11.4 Å². The first kappa shape index (κ1) is 16.6. The number of H-pyrrole nitrogens is 2. The minimum Gasteiger partial charge on any atom is -0.395 e. The summed E-state index contributed by atoms with van der Waals surface area (Å²) in [6, 6.07) is 18.3. The van der Waals surface area contributed by atoms with E-state index in [0.717, 1.165) is 0 Å². The van der Waals surface area contributed by atoms with Crippen molar-refractivity contribution in [2.24, 2.45) is 0 Å². The summed E-state index contributed by atoms with van der Waals surface area (Å²) in [6.45, 7) is 0. The van der Waals surface area contributed by atoms with Crippen molar-refractivity contribution in [3.05, 3.63) is 86.1 Å². The first-order valence-electron chi connectivity index (χ1n) is 8.54. The molecule has 2 heterocycles. The molecule has 0 amide bonds. The number of aromatic amines is 2. The van der Waals surface area contributed by atoms with Gasteiger partial charge in [-0.2, -0.15) is 0 Å². The zero-order valence-corrected chi connectivity index (χ0v) is 16.0. The molecule has 0 spiro atoms. The molecule has 138 valence electrons. The van der Waals surface area contributed by atoms with Crippen molar-refractivity contribution >= 4 is 43.7 Å². The lowest BCUT2D eigenvalue weighted by Gasteiger charge is -2.14. The van der Waals surface area contributed by atoms with Crippen LogP contribution in [0.25, 0.3) is 33.4 Å². The number of nitrogens with zero attached hydrogens (tertiary/aromatic N) is 2. The van der Waals surface area contributed by atoms with Gasteiger partial charge in [-0.1, -0.05) is 40.2 Å². The molecule has 0 unspecified atom stereocenters. The topological polar surface area (TPSA) is 102 Å². The Morgan fingerprint density at radius 2 is 1.18 bits per heavy atom. The standard InChI is InChI=1S/C20H14BrN5O2/c21-11-9-16(25-14-7-3-1-5-12(14)23-19(25)27)18(22)17(10-11)26-15-8-4-2-6-13(15)24-20(26)28/h1-10H,22H2,(H,23,27)(H,24,28). The van der Waals surface area contributed by atoms with Crippen molar-refractivity contribution in [1.82, 2.24) is 19.1 Å². The van der Waals surface area contributed by atoms with Gasteiger partial charge in [0.15, 0.2) is 0 Å². The lowest BCUT2D eigenvalue weighted by Crippen LogP contribution is -2.20. The molecule has 0 saturated heterocycles. The van der Waals surface area contributed by atoms with Gasteiger partial charge in [0.05, 0.1) is 39.1 Å². The maximum absolute atomic E-state index is 12.6. The Balaban J connectivity index is 1.87. The van der Waals surface area contributed by atoms with Crippen molar-refractivity contribution in [3.8, 4) is 11.4 Å². The lowest BCUT2D eigenvalue weighted by molar-refractivity contribution is 0.990. The van der Waals surface area contributed by atoms with Crippen LogP contribution >= 0.6 is 15.9 Å². The molecule has 0 fully saturated rings. The highest BCUT2D eigenvalue weighted by molar-refractivity contribution is 9.10. The van der Waals surface area contributed by atoms with Crippen LogP contribution in [0.4, 0.5) is 5.69 Å². The Morgan fingerprint density at radius 1 is 0.750 bits per heavy atom. The fourth-order valence-electron chi connectivity index (χ4n) is 3.55. The van der Waals surface area contributed by atoms with Crippen LogP contribution in [0.5, 0.6) is 0 Å². The van der Waals surface area contributed by atoms with E-state index in [1.807, 2.05) is 48.5 Å². The second kappa shape index (κ2) is 6.00. The molecule has 0 saturated carbocycles. The number of imidazole rings is 2. The number of anilines is 1. The summed E-state index contributed by atoms with van der Waals surface area (Å²) in [5, 5.41) is 0. The Bertz CT molecular complexity index is 1380. The van der Waals surface area contributed by atoms with Crippen LogP contribution in [-0.2, 0) is 0 Å². The maximum Gasteiger partial charge on any atom is 0.331 e. The second-order valence-electron chi connectivity index (χ2n) is 6.42. The van der Waals surface area contributed by atoms with E-state index in [2.05, 4.69) is 25.9 Å². The fourth-order valence-corrected chi connectivity index (χ4v) is 3.98. The molecule has 8 heteroatoms. The van der Waals surface area contributed by atoms with Gasteiger partial charge in [-0.3, -0.25) is 9.13 Å². The van der Waals surface area contributed by atoms with E-state index in [-0.39, 0.29) is 11.4 Å². The molecule has 0 aliphatic carbocycles. The predicted molar refractivity (Wildman–Crippen MR) is 113 cm³/mol. The number of hydrogen-bond donors (Lipinski definition) is 3. The molecule has 0 atom stereocenters. The Hall–Kier alpha value is -3.52. The number of nitrogens with one attached hydrogen (secondary N) is 2. The molecule has 0 aliphatic heterocycles. The van der Waals surface area contributed by atoms with Crippen LogP contribution in [0.3, 0.4) is 0 Å². The molecule has 28 heavy (non-hydrogen) atoms. The van der Waals surface area contributed by atoms with Gasteiger partial charge < -0.3 is 15.7 Å². The first-order valence-corrected chi connectivity index (χ1v) is 9.33. The molecule has 4 N–H and O–H groups in total. The molecule has 0 bridgehead atoms. The van der Waals surface area contributed by atoms with Gasteiger partial charge in [-0.15, -0.1) is 0 Å². The number of aromatic nitrogens is 4. The summed E-state index contributed by atoms with van der Waals surface area (Å²) in [4.78, 5) is 30.9. The minimum atomic E-state index is -0.303. The van der Waals surface area contributed by atoms with Crippen LogP contribution < -0.4 is 17.1 Å². The van der Waals surface area contributed by atoms with Gasteiger partial charge in [0.1, 0.15) is 0 Å². The van der Waals surface area contributed by atoms with Gasteiger partial charge in [0, 0.05) is 4.47 Å². The quantitative estimate of drug-likeness (QED) is 0.370. The molecule has 5 aromatic rings. The van der Waals surface area contributed by atoms with Gasteiger partial charge in [0.25, 0.3) is 0 Å². The largest absolute Gasteiger partial charge is 0.395 e. The van der Waals surface area contributed by atoms with Crippen molar-refractivity contribution in [1.29, 1.82) is 0 Å². The molecular formula is C20H14BrN5O2. The van der Waals surface area contributed by atoms with Crippen molar-refractivity contribution in [3.63, 3.8) is 0 Å². The van der Waals surface area contributed by atoms with E-state index in [1.54, 1.807) is 12.1 Å². The number of nitrogen functional groups attached to an aromatic ring is 1. The molecule has 0 aliphatic rings. The Kier molecular flexibility index (Phi) is 3.56. The summed E-state index contributed by atoms with van der Waals surface area (Å²) < 4.78 is 3.72. The van der Waals surface area contributed by atoms with Gasteiger partial charge in [-0.05, 0) is 36.4 Å². The Morgan fingerprint density at radius 3 is 1.64 bits per heavy atom. The molecular weight excluding hydrogens is 422 g/mol. The molecule has 7 nitrogen and oxygen atoms in total. The van der Waals surface area contributed by atoms with Crippen LogP contribution in [0.2, 0.25) is 0 Å². The summed E-state index contributed by atoms with van der Waals surface area (Å²) in [6.07, 6.45) is 0. The SMILES string of the molecule is Nc1c(-n2c(=O)[nH]c3ccccc32)cc(Br)cc1-n1c(=O)[nH]c2ccccc21. The van der Waals surface area contributed by atoms with E-state index < -0.39 is 0 Å². The summed E-state index contributed by atoms with van der Waals surface area (Å²) in [5.41, 5.74) is 10.0. The average molecular weight is 436 g/mol. The van der Waals surface area contributed by atoms with E-state index in [0.29, 0.717) is 43.6 Å². The number of nitrogens with two attached hydrogens (primary N) is 1. The number of hydrogen-bond acceptors (Lipinski definition) is 3. The normalized spacial score (nSPS) is 11.5. The van der Waals surface area contributed by atoms with Crippen LogP contribution in [0, 0.1) is 0 Å². The molecule has 5 rings (SSSR count). The summed E-state index contributed by atoms with van der Waals surface area (Å²) in [5.74, 6) is 0. The zero-order chi connectivity index (χ0) is 19.4. The van der Waals surface area contributed by atoms with Crippen LogP contribution in [0.15, 0.2) is 74.7 Å². The van der Waals surface area contributed by atoms with Gasteiger partial charge in [0.2, 0.25) is 0 Å². The predicted octanol–water partition coefficient (Wildman–Crippen LogP) is 3.30. The minimum absolute atomic E-state index is 0.303.